The zero-order valence-electron chi connectivity index (χ0n) is 11.9. The first-order valence-electron chi connectivity index (χ1n) is 6.87. The van der Waals surface area contributed by atoms with Gasteiger partial charge in [-0.25, -0.2) is 0 Å². The molecule has 0 radical (unpaired) electrons. The van der Waals surface area contributed by atoms with Gasteiger partial charge in [-0.1, -0.05) is 41.9 Å². The van der Waals surface area contributed by atoms with Crippen LogP contribution in [-0.2, 0) is 16.0 Å². The third-order valence-corrected chi connectivity index (χ3v) is 3.72. The predicted octanol–water partition coefficient (Wildman–Crippen LogP) is 4.09. The highest BCUT2D eigenvalue weighted by atomic mass is 79.9. The number of hydrogen-bond acceptors (Lipinski definition) is 2. The van der Waals surface area contributed by atoms with Crippen LogP contribution in [0.1, 0.15) is 38.7 Å². The summed E-state index contributed by atoms with van der Waals surface area (Å²) in [4.78, 5) is 23.0. The van der Waals surface area contributed by atoms with Crippen LogP contribution in [0.15, 0.2) is 28.7 Å². The Balaban J connectivity index is 2.45. The molecule has 0 aliphatic carbocycles. The number of aliphatic carboxylic acids is 1. The Hall–Kier alpha value is -1.16. The van der Waals surface area contributed by atoms with Crippen LogP contribution in [0.2, 0.25) is 0 Å². The molecule has 3 nitrogen and oxygen atoms in total. The first kappa shape index (κ1) is 16.9. The van der Waals surface area contributed by atoms with Gasteiger partial charge in [-0.15, -0.1) is 0 Å². The minimum atomic E-state index is -0.796. The molecule has 1 N–H and O–H groups in total. The second kappa shape index (κ2) is 8.20. The summed E-state index contributed by atoms with van der Waals surface area (Å²) in [7, 11) is 0. The molecule has 0 saturated carbocycles. The fraction of sp³-hybridized carbons (Fsp3) is 0.500. The zero-order valence-corrected chi connectivity index (χ0v) is 13.5. The molecular weight excluding hydrogens is 320 g/mol. The van der Waals surface area contributed by atoms with Crippen LogP contribution in [0.4, 0.5) is 0 Å². The van der Waals surface area contributed by atoms with Gasteiger partial charge in [0, 0.05) is 17.3 Å². The highest BCUT2D eigenvalue weighted by molar-refractivity contribution is 9.10. The van der Waals surface area contributed by atoms with E-state index in [4.69, 9.17) is 5.11 Å². The lowest BCUT2D eigenvalue weighted by molar-refractivity contribution is -0.142. The summed E-state index contributed by atoms with van der Waals surface area (Å²) in [5.41, 5.74) is 0.967. The first-order valence-corrected chi connectivity index (χ1v) is 7.66. The Kier molecular flexibility index (Phi) is 6.93. The van der Waals surface area contributed by atoms with E-state index >= 15 is 0 Å². The summed E-state index contributed by atoms with van der Waals surface area (Å²) < 4.78 is 0.983. The summed E-state index contributed by atoms with van der Waals surface area (Å²) in [5, 5.41) is 9.14. The minimum absolute atomic E-state index is 0.0994. The van der Waals surface area contributed by atoms with Crippen LogP contribution in [0.3, 0.4) is 0 Å². The zero-order chi connectivity index (χ0) is 15.1. The van der Waals surface area contributed by atoms with Crippen molar-refractivity contribution < 1.29 is 14.7 Å². The lowest BCUT2D eigenvalue weighted by atomic mass is 9.91. The molecule has 0 aromatic heterocycles. The number of carbonyl (C=O) groups excluding carboxylic acids is 1. The van der Waals surface area contributed by atoms with Gasteiger partial charge in [-0.2, -0.15) is 0 Å². The lowest BCUT2D eigenvalue weighted by Gasteiger charge is -2.14. The van der Waals surface area contributed by atoms with Crippen molar-refractivity contribution in [3.8, 4) is 0 Å². The van der Waals surface area contributed by atoms with E-state index in [9.17, 15) is 9.59 Å². The molecule has 0 aliphatic rings. The maximum absolute atomic E-state index is 11.9. The van der Waals surface area contributed by atoms with Crippen molar-refractivity contribution in [1.82, 2.24) is 0 Å². The van der Waals surface area contributed by atoms with E-state index in [1.807, 2.05) is 38.1 Å². The summed E-state index contributed by atoms with van der Waals surface area (Å²) in [6.45, 7) is 4.00. The second-order valence-electron chi connectivity index (χ2n) is 5.55. The maximum atomic E-state index is 11.9. The number of hydrogen-bond donors (Lipinski definition) is 1. The molecule has 1 aromatic rings. The summed E-state index contributed by atoms with van der Waals surface area (Å²) in [6.07, 6.45) is 1.77. The highest BCUT2D eigenvalue weighted by Gasteiger charge is 2.19. The fourth-order valence-electron chi connectivity index (χ4n) is 2.16. The number of carboxylic acids is 1. The fourth-order valence-corrected chi connectivity index (χ4v) is 2.43. The van der Waals surface area contributed by atoms with Gasteiger partial charge < -0.3 is 5.11 Å². The molecule has 110 valence electrons. The largest absolute Gasteiger partial charge is 0.481 e. The number of halogens is 1. The van der Waals surface area contributed by atoms with Gasteiger partial charge in [0.2, 0.25) is 0 Å². The molecule has 0 heterocycles. The molecule has 0 aliphatic heterocycles. The molecule has 0 saturated heterocycles. The van der Waals surface area contributed by atoms with Crippen LogP contribution < -0.4 is 0 Å². The molecule has 1 unspecified atom stereocenters. The Labute approximate surface area is 128 Å². The summed E-state index contributed by atoms with van der Waals surface area (Å²) >= 11 is 3.35. The van der Waals surface area contributed by atoms with Crippen LogP contribution >= 0.6 is 15.9 Å². The van der Waals surface area contributed by atoms with Crippen LogP contribution in [0, 0.1) is 11.8 Å². The highest BCUT2D eigenvalue weighted by Crippen LogP contribution is 2.18. The molecular formula is C16H21BrO3. The van der Waals surface area contributed by atoms with Crippen LogP contribution in [0.25, 0.3) is 0 Å². The monoisotopic (exact) mass is 340 g/mol. The molecule has 0 spiro atoms. The standard InChI is InChI=1S/C16H21BrO3/c1-11(2)9-13(16(19)20)5-8-15(18)10-12-3-6-14(17)7-4-12/h3-4,6-7,11,13H,5,8-10H2,1-2H3,(H,19,20). The summed E-state index contributed by atoms with van der Waals surface area (Å²) in [5.74, 6) is -0.779. The van der Waals surface area contributed by atoms with Gasteiger partial charge in [0.1, 0.15) is 5.78 Å². The van der Waals surface area contributed by atoms with Crippen molar-refractivity contribution >= 4 is 27.7 Å². The number of Topliss-reactive ketones (excluding diaryl/α,β-unsaturated/α-hetero) is 1. The molecule has 1 rings (SSSR count). The molecule has 4 heteroatoms. The normalized spacial score (nSPS) is 12.4. The Morgan fingerprint density at radius 2 is 1.80 bits per heavy atom. The molecule has 0 amide bonds. The third kappa shape index (κ3) is 6.33. The smallest absolute Gasteiger partial charge is 0.306 e. The molecule has 0 bridgehead atoms. The number of benzene rings is 1. The van der Waals surface area contributed by atoms with E-state index < -0.39 is 11.9 Å². The Morgan fingerprint density at radius 1 is 1.20 bits per heavy atom. The third-order valence-electron chi connectivity index (χ3n) is 3.19. The van der Waals surface area contributed by atoms with Crippen molar-refractivity contribution in [1.29, 1.82) is 0 Å². The minimum Gasteiger partial charge on any atom is -0.481 e. The van der Waals surface area contributed by atoms with Gasteiger partial charge in [-0.05, 0) is 36.5 Å². The number of rotatable bonds is 8. The van der Waals surface area contributed by atoms with Crippen molar-refractivity contribution in [3.05, 3.63) is 34.3 Å². The second-order valence-corrected chi connectivity index (χ2v) is 6.46. The molecule has 1 atom stereocenters. The molecule has 0 fully saturated rings. The Morgan fingerprint density at radius 3 is 2.30 bits per heavy atom. The van der Waals surface area contributed by atoms with E-state index in [0.717, 1.165) is 10.0 Å². The van der Waals surface area contributed by atoms with Gasteiger partial charge in [-0.3, -0.25) is 9.59 Å². The van der Waals surface area contributed by atoms with Gasteiger partial charge in [0.05, 0.1) is 5.92 Å². The average molecular weight is 341 g/mol. The number of carboxylic acid groups (broad SMARTS) is 1. The lowest BCUT2D eigenvalue weighted by Crippen LogP contribution is -2.18. The van der Waals surface area contributed by atoms with E-state index in [-0.39, 0.29) is 5.78 Å². The van der Waals surface area contributed by atoms with E-state index in [1.165, 1.54) is 0 Å². The average Bonchev–Trinajstić information content (AvgIpc) is 2.36. The number of ketones is 1. The summed E-state index contributed by atoms with van der Waals surface area (Å²) in [6, 6.07) is 7.62. The Bertz CT molecular complexity index is 451. The van der Waals surface area contributed by atoms with Crippen LogP contribution in [0.5, 0.6) is 0 Å². The van der Waals surface area contributed by atoms with Crippen molar-refractivity contribution in [3.63, 3.8) is 0 Å². The van der Waals surface area contributed by atoms with Gasteiger partial charge in [0.25, 0.3) is 0 Å². The van der Waals surface area contributed by atoms with Gasteiger partial charge >= 0.3 is 5.97 Å². The van der Waals surface area contributed by atoms with Crippen molar-refractivity contribution in [2.75, 3.05) is 0 Å². The van der Waals surface area contributed by atoms with Crippen molar-refractivity contribution in [2.24, 2.45) is 11.8 Å². The molecule has 1 aromatic carbocycles. The van der Waals surface area contributed by atoms with E-state index in [1.54, 1.807) is 0 Å². The van der Waals surface area contributed by atoms with E-state index in [2.05, 4.69) is 15.9 Å². The van der Waals surface area contributed by atoms with Gasteiger partial charge in [0.15, 0.2) is 0 Å². The SMILES string of the molecule is CC(C)CC(CCC(=O)Cc1ccc(Br)cc1)C(=O)O. The number of carbonyl (C=O) groups is 2. The predicted molar refractivity (Wildman–Crippen MR) is 82.7 cm³/mol. The van der Waals surface area contributed by atoms with Crippen molar-refractivity contribution in [2.45, 2.75) is 39.5 Å². The topological polar surface area (TPSA) is 54.4 Å². The van der Waals surface area contributed by atoms with Crippen LogP contribution in [-0.4, -0.2) is 16.9 Å². The maximum Gasteiger partial charge on any atom is 0.306 e. The first-order chi connectivity index (χ1) is 9.38. The molecule has 20 heavy (non-hydrogen) atoms. The van der Waals surface area contributed by atoms with E-state index in [0.29, 0.717) is 31.6 Å². The quantitative estimate of drug-likeness (QED) is 0.775.